The van der Waals surface area contributed by atoms with E-state index >= 15 is 0 Å². The number of amides is 2. The third-order valence-corrected chi connectivity index (χ3v) is 3.72. The van der Waals surface area contributed by atoms with Gasteiger partial charge in [-0.1, -0.05) is 32.0 Å². The van der Waals surface area contributed by atoms with Crippen LogP contribution in [0, 0.1) is 5.82 Å². The Hall–Kier alpha value is -3.22. The number of hydrogen-bond donors (Lipinski definition) is 2. The minimum Gasteiger partial charge on any atom is -0.454 e. The Bertz CT molecular complexity index is 819. The van der Waals surface area contributed by atoms with Gasteiger partial charge in [0.05, 0.1) is 0 Å². The first-order chi connectivity index (χ1) is 12.9. The van der Waals surface area contributed by atoms with Gasteiger partial charge in [0.1, 0.15) is 12.4 Å². The van der Waals surface area contributed by atoms with E-state index in [0.29, 0.717) is 5.69 Å². The molecule has 2 aromatic rings. The Morgan fingerprint density at radius 2 is 1.70 bits per heavy atom. The third kappa shape index (κ3) is 6.22. The fraction of sp³-hybridized carbons (Fsp3) is 0.250. The summed E-state index contributed by atoms with van der Waals surface area (Å²) in [4.78, 5) is 35.5. The van der Waals surface area contributed by atoms with Crippen molar-refractivity contribution in [2.45, 2.75) is 19.8 Å². The first-order valence-corrected chi connectivity index (χ1v) is 8.45. The highest BCUT2D eigenvalue weighted by molar-refractivity contribution is 5.96. The Morgan fingerprint density at radius 3 is 2.37 bits per heavy atom. The zero-order valence-electron chi connectivity index (χ0n) is 15.1. The largest absolute Gasteiger partial charge is 0.454 e. The minimum absolute atomic E-state index is 0.215. The van der Waals surface area contributed by atoms with E-state index in [-0.39, 0.29) is 11.5 Å². The van der Waals surface area contributed by atoms with Gasteiger partial charge in [-0.3, -0.25) is 14.4 Å². The van der Waals surface area contributed by atoms with Crippen molar-refractivity contribution in [3.05, 3.63) is 65.5 Å². The molecule has 0 aliphatic heterocycles. The molecule has 142 valence electrons. The van der Waals surface area contributed by atoms with Gasteiger partial charge < -0.3 is 15.4 Å². The molecule has 2 amide bonds. The van der Waals surface area contributed by atoms with Gasteiger partial charge in [0.15, 0.2) is 6.61 Å². The number of carbonyl (C=O) groups excluding carboxylic acids is 3. The molecule has 0 radical (unpaired) electrons. The lowest BCUT2D eigenvalue weighted by atomic mass is 10.0. The predicted octanol–water partition coefficient (Wildman–Crippen LogP) is 2.86. The van der Waals surface area contributed by atoms with Crippen molar-refractivity contribution in [2.75, 3.05) is 18.5 Å². The van der Waals surface area contributed by atoms with Crippen molar-refractivity contribution in [1.82, 2.24) is 5.32 Å². The van der Waals surface area contributed by atoms with E-state index in [9.17, 15) is 18.8 Å². The molecular formula is C20H21FN2O4. The van der Waals surface area contributed by atoms with Gasteiger partial charge in [-0.15, -0.1) is 0 Å². The standard InChI is InChI=1S/C20H21FN2O4/c1-13(2)16-5-3-4-6-17(16)23-18(24)12-27-19(25)11-22-20(26)14-7-9-15(21)10-8-14/h3-10,13H,11-12H2,1-2H3,(H,22,26)(H,23,24). The Kier molecular flexibility index (Phi) is 7.05. The van der Waals surface area contributed by atoms with Gasteiger partial charge in [0.2, 0.25) is 0 Å². The van der Waals surface area contributed by atoms with Crippen molar-refractivity contribution in [2.24, 2.45) is 0 Å². The molecule has 0 bridgehead atoms. The number of esters is 1. The number of benzene rings is 2. The maximum atomic E-state index is 12.8. The maximum Gasteiger partial charge on any atom is 0.325 e. The van der Waals surface area contributed by atoms with Gasteiger partial charge in [-0.2, -0.15) is 0 Å². The van der Waals surface area contributed by atoms with E-state index in [0.717, 1.165) is 17.7 Å². The normalized spacial score (nSPS) is 10.4. The molecule has 2 N–H and O–H groups in total. The molecule has 6 nitrogen and oxygen atoms in total. The lowest BCUT2D eigenvalue weighted by Gasteiger charge is -2.13. The summed E-state index contributed by atoms with van der Waals surface area (Å²) in [5.41, 5.74) is 1.86. The van der Waals surface area contributed by atoms with Gasteiger partial charge >= 0.3 is 5.97 Å². The summed E-state index contributed by atoms with van der Waals surface area (Å²) in [6.07, 6.45) is 0. The van der Waals surface area contributed by atoms with Crippen LogP contribution in [0.25, 0.3) is 0 Å². The summed E-state index contributed by atoms with van der Waals surface area (Å²) < 4.78 is 17.7. The van der Waals surface area contributed by atoms with Gasteiger partial charge in [0.25, 0.3) is 11.8 Å². The molecule has 0 heterocycles. The van der Waals surface area contributed by atoms with Gasteiger partial charge in [-0.25, -0.2) is 4.39 Å². The molecule has 27 heavy (non-hydrogen) atoms. The van der Waals surface area contributed by atoms with Crippen LogP contribution in [0.5, 0.6) is 0 Å². The van der Waals surface area contributed by atoms with Crippen molar-refractivity contribution in [3.63, 3.8) is 0 Å². The smallest absolute Gasteiger partial charge is 0.325 e. The molecule has 0 spiro atoms. The summed E-state index contributed by atoms with van der Waals surface area (Å²) in [6.45, 7) is 3.16. The van der Waals surface area contributed by atoms with Crippen LogP contribution in [0.4, 0.5) is 10.1 Å². The fourth-order valence-electron chi connectivity index (χ4n) is 2.35. The highest BCUT2D eigenvalue weighted by atomic mass is 19.1. The molecular weight excluding hydrogens is 351 g/mol. The Balaban J connectivity index is 1.77. The molecule has 0 saturated carbocycles. The molecule has 0 aliphatic rings. The number of ether oxygens (including phenoxy) is 1. The molecule has 0 aromatic heterocycles. The van der Waals surface area contributed by atoms with Crippen molar-refractivity contribution >= 4 is 23.5 Å². The van der Waals surface area contributed by atoms with Gasteiger partial charge in [-0.05, 0) is 41.8 Å². The van der Waals surface area contributed by atoms with Gasteiger partial charge in [0, 0.05) is 11.3 Å². The Labute approximate surface area is 156 Å². The number of para-hydroxylation sites is 1. The average molecular weight is 372 g/mol. The van der Waals surface area contributed by atoms with Crippen LogP contribution in [-0.4, -0.2) is 30.9 Å². The molecule has 2 aromatic carbocycles. The lowest BCUT2D eigenvalue weighted by Crippen LogP contribution is -2.32. The second-order valence-corrected chi connectivity index (χ2v) is 6.14. The molecule has 7 heteroatoms. The average Bonchev–Trinajstić information content (AvgIpc) is 2.65. The zero-order valence-corrected chi connectivity index (χ0v) is 15.1. The van der Waals surface area contributed by atoms with Crippen LogP contribution in [0.15, 0.2) is 48.5 Å². The summed E-state index contributed by atoms with van der Waals surface area (Å²) in [5.74, 6) is -2.00. The van der Waals surface area contributed by atoms with E-state index in [1.165, 1.54) is 12.1 Å². The molecule has 2 rings (SSSR count). The van der Waals surface area contributed by atoms with Crippen LogP contribution in [0.1, 0.15) is 35.7 Å². The summed E-state index contributed by atoms with van der Waals surface area (Å²) in [7, 11) is 0. The van der Waals surface area contributed by atoms with Crippen molar-refractivity contribution < 1.29 is 23.5 Å². The second kappa shape index (κ2) is 9.47. The maximum absolute atomic E-state index is 12.8. The van der Waals surface area contributed by atoms with E-state index in [1.807, 2.05) is 26.0 Å². The van der Waals surface area contributed by atoms with E-state index in [4.69, 9.17) is 4.74 Å². The van der Waals surface area contributed by atoms with E-state index < -0.39 is 36.8 Å². The SMILES string of the molecule is CC(C)c1ccccc1NC(=O)COC(=O)CNC(=O)c1ccc(F)cc1. The second-order valence-electron chi connectivity index (χ2n) is 6.14. The minimum atomic E-state index is -0.752. The van der Waals surface area contributed by atoms with Crippen LogP contribution in [0.2, 0.25) is 0 Å². The Morgan fingerprint density at radius 1 is 1.04 bits per heavy atom. The van der Waals surface area contributed by atoms with Crippen molar-refractivity contribution in [3.8, 4) is 0 Å². The highest BCUT2D eigenvalue weighted by Crippen LogP contribution is 2.23. The summed E-state index contributed by atoms with van der Waals surface area (Å²) in [6, 6.07) is 12.3. The van der Waals surface area contributed by atoms with E-state index in [2.05, 4.69) is 10.6 Å². The number of nitrogens with one attached hydrogen (secondary N) is 2. The van der Waals surface area contributed by atoms with Crippen LogP contribution < -0.4 is 10.6 Å². The zero-order chi connectivity index (χ0) is 19.8. The summed E-state index contributed by atoms with van der Waals surface area (Å²) in [5, 5.41) is 5.05. The number of rotatable bonds is 7. The third-order valence-electron chi connectivity index (χ3n) is 3.72. The summed E-state index contributed by atoms with van der Waals surface area (Å²) >= 11 is 0. The number of carbonyl (C=O) groups is 3. The molecule has 0 saturated heterocycles. The molecule has 0 unspecified atom stereocenters. The molecule has 0 atom stereocenters. The highest BCUT2D eigenvalue weighted by Gasteiger charge is 2.13. The van der Waals surface area contributed by atoms with Crippen LogP contribution >= 0.6 is 0 Å². The van der Waals surface area contributed by atoms with Crippen molar-refractivity contribution in [1.29, 1.82) is 0 Å². The lowest BCUT2D eigenvalue weighted by molar-refractivity contribution is -0.146. The topological polar surface area (TPSA) is 84.5 Å². The monoisotopic (exact) mass is 372 g/mol. The fourth-order valence-corrected chi connectivity index (χ4v) is 2.35. The first kappa shape index (κ1) is 20.1. The molecule has 0 aliphatic carbocycles. The van der Waals surface area contributed by atoms with Crippen LogP contribution in [0.3, 0.4) is 0 Å². The van der Waals surface area contributed by atoms with E-state index in [1.54, 1.807) is 12.1 Å². The van der Waals surface area contributed by atoms with Crippen LogP contribution in [-0.2, 0) is 14.3 Å². The first-order valence-electron chi connectivity index (χ1n) is 8.45. The number of hydrogen-bond acceptors (Lipinski definition) is 4. The number of anilines is 1. The number of halogens is 1. The predicted molar refractivity (Wildman–Crippen MR) is 98.9 cm³/mol. The molecule has 0 fully saturated rings. The quantitative estimate of drug-likeness (QED) is 0.732.